The molecule has 0 saturated heterocycles. The van der Waals surface area contributed by atoms with Crippen LogP contribution in [-0.2, 0) is 22.3 Å². The van der Waals surface area contributed by atoms with E-state index in [0.717, 1.165) is 12.1 Å². The summed E-state index contributed by atoms with van der Waals surface area (Å²) in [4.78, 5) is 23.2. The third kappa shape index (κ3) is 5.75. The van der Waals surface area contributed by atoms with E-state index < -0.39 is 23.1 Å². The zero-order valence-corrected chi connectivity index (χ0v) is 12.7. The highest BCUT2D eigenvalue weighted by Gasteiger charge is 2.30. The Morgan fingerprint density at radius 2 is 1.73 bits per heavy atom. The largest absolute Gasteiger partial charge is 0.416 e. The van der Waals surface area contributed by atoms with Crippen molar-refractivity contribution < 1.29 is 22.8 Å². The molecule has 0 saturated carbocycles. The first-order chi connectivity index (χ1) is 10.00. The number of carbonyl (C=O) groups is 2. The second-order valence-corrected chi connectivity index (χ2v) is 5.91. The number of halogens is 3. The van der Waals surface area contributed by atoms with E-state index >= 15 is 0 Å². The van der Waals surface area contributed by atoms with Crippen molar-refractivity contribution in [3.8, 4) is 0 Å². The van der Waals surface area contributed by atoms with Crippen molar-refractivity contribution in [2.24, 2.45) is 5.41 Å². The summed E-state index contributed by atoms with van der Waals surface area (Å²) in [5.74, 6) is -0.739. The second kappa shape index (κ2) is 6.81. The summed E-state index contributed by atoms with van der Waals surface area (Å²) in [5, 5.41) is 4.93. The lowest BCUT2D eigenvalue weighted by atomic mass is 9.96. The molecule has 0 unspecified atom stereocenters. The minimum Gasteiger partial charge on any atom is -0.350 e. The van der Waals surface area contributed by atoms with Gasteiger partial charge in [0.1, 0.15) is 0 Å². The van der Waals surface area contributed by atoms with Gasteiger partial charge in [-0.3, -0.25) is 9.59 Å². The van der Waals surface area contributed by atoms with Crippen LogP contribution < -0.4 is 10.6 Å². The number of alkyl halides is 3. The topological polar surface area (TPSA) is 58.2 Å². The van der Waals surface area contributed by atoms with Crippen LogP contribution in [0, 0.1) is 5.41 Å². The Hall–Kier alpha value is -2.05. The number of carbonyl (C=O) groups excluding carboxylic acids is 2. The predicted octanol–water partition coefficient (Wildman–Crippen LogP) is 2.48. The second-order valence-electron chi connectivity index (χ2n) is 5.91. The normalized spacial score (nSPS) is 11.9. The van der Waals surface area contributed by atoms with Crippen molar-refractivity contribution >= 4 is 11.8 Å². The van der Waals surface area contributed by atoms with Crippen molar-refractivity contribution in [1.82, 2.24) is 10.6 Å². The molecule has 1 rings (SSSR count). The monoisotopic (exact) mass is 316 g/mol. The molecule has 0 heterocycles. The van der Waals surface area contributed by atoms with E-state index in [2.05, 4.69) is 10.6 Å². The van der Waals surface area contributed by atoms with Crippen molar-refractivity contribution in [2.45, 2.75) is 33.5 Å². The smallest absolute Gasteiger partial charge is 0.350 e. The van der Waals surface area contributed by atoms with Crippen molar-refractivity contribution in [3.63, 3.8) is 0 Å². The van der Waals surface area contributed by atoms with Crippen LogP contribution in [0.5, 0.6) is 0 Å². The van der Waals surface area contributed by atoms with Gasteiger partial charge in [0.25, 0.3) is 0 Å². The first-order valence-corrected chi connectivity index (χ1v) is 6.71. The molecular formula is C15H19F3N2O2. The molecule has 22 heavy (non-hydrogen) atoms. The van der Waals surface area contributed by atoms with Gasteiger partial charge in [-0.05, 0) is 17.7 Å². The number of amides is 2. The fourth-order valence-corrected chi connectivity index (χ4v) is 1.55. The van der Waals surface area contributed by atoms with Gasteiger partial charge in [0.15, 0.2) is 0 Å². The summed E-state index contributed by atoms with van der Waals surface area (Å²) in [6.45, 7) is 4.89. The average Bonchev–Trinajstić information content (AvgIpc) is 2.40. The summed E-state index contributed by atoms with van der Waals surface area (Å²) < 4.78 is 37.7. The van der Waals surface area contributed by atoms with Crippen LogP contribution in [0.3, 0.4) is 0 Å². The maximum absolute atomic E-state index is 12.6. The van der Waals surface area contributed by atoms with Crippen LogP contribution in [0.1, 0.15) is 31.9 Å². The summed E-state index contributed by atoms with van der Waals surface area (Å²) in [6.07, 6.45) is -4.42. The molecule has 0 aromatic heterocycles. The first kappa shape index (κ1) is 18.0. The Kier molecular flexibility index (Phi) is 5.57. The zero-order valence-electron chi connectivity index (χ0n) is 12.7. The average molecular weight is 316 g/mol. The molecule has 0 radical (unpaired) electrons. The molecule has 0 atom stereocenters. The predicted molar refractivity (Wildman–Crippen MR) is 75.8 cm³/mol. The van der Waals surface area contributed by atoms with E-state index in [4.69, 9.17) is 0 Å². The lowest BCUT2D eigenvalue weighted by Crippen LogP contribution is -2.41. The van der Waals surface area contributed by atoms with Gasteiger partial charge in [0.05, 0.1) is 12.1 Å². The summed E-state index contributed by atoms with van der Waals surface area (Å²) >= 11 is 0. The highest BCUT2D eigenvalue weighted by atomic mass is 19.4. The molecule has 2 amide bonds. The molecule has 0 bridgehead atoms. The summed E-state index contributed by atoms with van der Waals surface area (Å²) in [7, 11) is 0. The maximum Gasteiger partial charge on any atom is 0.416 e. The quantitative estimate of drug-likeness (QED) is 0.896. The van der Waals surface area contributed by atoms with Crippen molar-refractivity contribution in [2.75, 3.05) is 6.54 Å². The molecule has 1 aromatic rings. The molecular weight excluding hydrogens is 297 g/mol. The molecule has 0 aliphatic rings. The Morgan fingerprint density at radius 1 is 1.09 bits per heavy atom. The highest BCUT2D eigenvalue weighted by Crippen LogP contribution is 2.29. The number of rotatable bonds is 4. The lowest BCUT2D eigenvalue weighted by molar-refractivity contribution is -0.137. The van der Waals surface area contributed by atoms with Crippen LogP contribution >= 0.6 is 0 Å². The van der Waals surface area contributed by atoms with Crippen molar-refractivity contribution in [3.05, 3.63) is 35.4 Å². The van der Waals surface area contributed by atoms with Gasteiger partial charge in [0.2, 0.25) is 11.8 Å². The van der Waals surface area contributed by atoms with Gasteiger partial charge >= 0.3 is 6.18 Å². The SMILES string of the molecule is CC(C)(C)C(=O)NCC(=O)NCc1cccc(C(F)(F)F)c1. The molecule has 7 heteroatoms. The number of benzene rings is 1. The maximum atomic E-state index is 12.6. The number of hydrogen-bond donors (Lipinski definition) is 2. The van der Waals surface area contributed by atoms with E-state index in [0.29, 0.717) is 5.56 Å². The third-order valence-electron chi connectivity index (χ3n) is 2.83. The van der Waals surface area contributed by atoms with Gasteiger partial charge in [0, 0.05) is 12.0 Å². The van der Waals surface area contributed by atoms with Crippen LogP contribution in [0.25, 0.3) is 0 Å². The molecule has 1 aromatic carbocycles. The zero-order chi connectivity index (χ0) is 17.0. The van der Waals surface area contributed by atoms with Gasteiger partial charge < -0.3 is 10.6 Å². The fraction of sp³-hybridized carbons (Fsp3) is 0.467. The molecule has 4 nitrogen and oxygen atoms in total. The van der Waals surface area contributed by atoms with Crippen LogP contribution in [0.15, 0.2) is 24.3 Å². The van der Waals surface area contributed by atoms with Crippen LogP contribution in [-0.4, -0.2) is 18.4 Å². The van der Waals surface area contributed by atoms with Gasteiger partial charge in [-0.15, -0.1) is 0 Å². The Morgan fingerprint density at radius 3 is 2.27 bits per heavy atom. The standard InChI is InChI=1S/C15H19F3N2O2/c1-14(2,3)13(22)20-9-12(21)19-8-10-5-4-6-11(7-10)15(16,17)18/h4-7H,8-9H2,1-3H3,(H,19,21)(H,20,22). The molecule has 2 N–H and O–H groups in total. The van der Waals surface area contributed by atoms with E-state index in [1.807, 2.05) is 0 Å². The number of hydrogen-bond acceptors (Lipinski definition) is 2. The van der Waals surface area contributed by atoms with Gasteiger partial charge in [-0.2, -0.15) is 13.2 Å². The molecule has 0 fully saturated rings. The minimum absolute atomic E-state index is 0.0336. The van der Waals surface area contributed by atoms with Crippen molar-refractivity contribution in [1.29, 1.82) is 0 Å². The highest BCUT2D eigenvalue weighted by molar-refractivity contribution is 5.87. The van der Waals surface area contributed by atoms with Gasteiger partial charge in [-0.1, -0.05) is 32.9 Å². The Bertz CT molecular complexity index is 548. The van der Waals surface area contributed by atoms with E-state index in [1.54, 1.807) is 20.8 Å². The molecule has 0 spiro atoms. The van der Waals surface area contributed by atoms with E-state index in [9.17, 15) is 22.8 Å². The minimum atomic E-state index is -4.42. The summed E-state index contributed by atoms with van der Waals surface area (Å²) in [6, 6.07) is 4.72. The summed E-state index contributed by atoms with van der Waals surface area (Å²) in [5.41, 5.74) is -1.04. The van der Waals surface area contributed by atoms with Gasteiger partial charge in [-0.25, -0.2) is 0 Å². The third-order valence-corrected chi connectivity index (χ3v) is 2.83. The Balaban J connectivity index is 2.50. The van der Waals surface area contributed by atoms with Crippen LogP contribution in [0.2, 0.25) is 0 Å². The fourth-order valence-electron chi connectivity index (χ4n) is 1.55. The molecule has 0 aliphatic heterocycles. The Labute approximate surface area is 127 Å². The number of nitrogens with one attached hydrogen (secondary N) is 2. The van der Waals surface area contributed by atoms with E-state index in [-0.39, 0.29) is 19.0 Å². The molecule has 122 valence electrons. The lowest BCUT2D eigenvalue weighted by Gasteiger charge is -2.17. The van der Waals surface area contributed by atoms with Crippen LogP contribution in [0.4, 0.5) is 13.2 Å². The molecule has 0 aliphatic carbocycles. The first-order valence-electron chi connectivity index (χ1n) is 6.71. The van der Waals surface area contributed by atoms with E-state index in [1.165, 1.54) is 12.1 Å².